The summed E-state index contributed by atoms with van der Waals surface area (Å²) in [4.78, 5) is 16.3. The van der Waals surface area contributed by atoms with Crippen LogP contribution in [-0.2, 0) is 11.3 Å². The molecule has 5 heteroatoms. The van der Waals surface area contributed by atoms with Crippen LogP contribution in [0, 0.1) is 17.7 Å². The van der Waals surface area contributed by atoms with Gasteiger partial charge in [-0.15, -0.1) is 0 Å². The molecule has 0 spiro atoms. The van der Waals surface area contributed by atoms with Crippen molar-refractivity contribution in [2.75, 3.05) is 26.2 Å². The van der Waals surface area contributed by atoms with Gasteiger partial charge in [0.05, 0.1) is 0 Å². The van der Waals surface area contributed by atoms with Crippen LogP contribution in [-0.4, -0.2) is 41.9 Å². The summed E-state index contributed by atoms with van der Waals surface area (Å²) >= 11 is 6.06. The van der Waals surface area contributed by atoms with E-state index in [1.54, 1.807) is 12.1 Å². The first-order chi connectivity index (χ1) is 10.1. The maximum absolute atomic E-state index is 13.8. The first-order valence-electron chi connectivity index (χ1n) is 7.50. The van der Waals surface area contributed by atoms with Gasteiger partial charge in [0.15, 0.2) is 0 Å². The zero-order chi connectivity index (χ0) is 15.0. The number of amides is 1. The van der Waals surface area contributed by atoms with Gasteiger partial charge in [-0.2, -0.15) is 0 Å². The first-order valence-corrected chi connectivity index (χ1v) is 7.88. The van der Waals surface area contributed by atoms with Crippen LogP contribution in [0.1, 0.15) is 18.9 Å². The fourth-order valence-corrected chi connectivity index (χ4v) is 3.16. The van der Waals surface area contributed by atoms with Gasteiger partial charge >= 0.3 is 0 Å². The Balaban J connectivity index is 1.55. The van der Waals surface area contributed by atoms with Crippen molar-refractivity contribution >= 4 is 17.5 Å². The van der Waals surface area contributed by atoms with Crippen molar-refractivity contribution in [3.8, 4) is 0 Å². The van der Waals surface area contributed by atoms with E-state index in [1.165, 1.54) is 6.07 Å². The number of hydrogen-bond acceptors (Lipinski definition) is 2. The normalized spacial score (nSPS) is 26.0. The Hall–Kier alpha value is -1.13. The maximum Gasteiger partial charge on any atom is 0.226 e. The summed E-state index contributed by atoms with van der Waals surface area (Å²) in [6.07, 6.45) is 1.03. The zero-order valence-electron chi connectivity index (χ0n) is 12.2. The molecule has 1 saturated heterocycles. The molecule has 114 valence electrons. The highest BCUT2D eigenvalue weighted by molar-refractivity contribution is 6.31. The van der Waals surface area contributed by atoms with Crippen molar-refractivity contribution < 1.29 is 9.18 Å². The van der Waals surface area contributed by atoms with Crippen LogP contribution in [0.4, 0.5) is 4.39 Å². The van der Waals surface area contributed by atoms with E-state index >= 15 is 0 Å². The third-order valence-corrected chi connectivity index (χ3v) is 4.91. The molecule has 1 heterocycles. The van der Waals surface area contributed by atoms with Crippen LogP contribution in [0.3, 0.4) is 0 Å². The molecule has 1 aromatic rings. The van der Waals surface area contributed by atoms with E-state index in [-0.39, 0.29) is 11.7 Å². The first kappa shape index (κ1) is 14.8. The molecular formula is C16H20ClFN2O. The van der Waals surface area contributed by atoms with E-state index in [4.69, 9.17) is 11.6 Å². The van der Waals surface area contributed by atoms with Crippen LogP contribution in [0.5, 0.6) is 0 Å². The molecule has 0 bridgehead atoms. The van der Waals surface area contributed by atoms with E-state index in [1.807, 2.05) is 4.90 Å². The Labute approximate surface area is 129 Å². The summed E-state index contributed by atoms with van der Waals surface area (Å²) in [5.41, 5.74) is 0.551. The quantitative estimate of drug-likeness (QED) is 0.857. The molecule has 1 aromatic carbocycles. The molecule has 3 nitrogen and oxygen atoms in total. The number of carbonyl (C=O) groups is 1. The highest BCUT2D eigenvalue weighted by Gasteiger charge is 2.41. The molecule has 1 aliphatic heterocycles. The zero-order valence-corrected chi connectivity index (χ0v) is 12.9. The van der Waals surface area contributed by atoms with E-state index in [2.05, 4.69) is 11.8 Å². The molecule has 2 unspecified atom stereocenters. The fourth-order valence-electron chi connectivity index (χ4n) is 2.93. The van der Waals surface area contributed by atoms with Crippen LogP contribution in [0.25, 0.3) is 0 Å². The number of benzene rings is 1. The van der Waals surface area contributed by atoms with Gasteiger partial charge in [0, 0.05) is 49.2 Å². The van der Waals surface area contributed by atoms with E-state index in [0.717, 1.165) is 32.6 Å². The van der Waals surface area contributed by atoms with E-state index < -0.39 is 0 Å². The van der Waals surface area contributed by atoms with Gasteiger partial charge in [0.1, 0.15) is 5.82 Å². The largest absolute Gasteiger partial charge is 0.340 e. The second kappa shape index (κ2) is 5.93. The van der Waals surface area contributed by atoms with Crippen molar-refractivity contribution in [3.63, 3.8) is 0 Å². The molecule has 3 rings (SSSR count). The van der Waals surface area contributed by atoms with Gasteiger partial charge in [0.25, 0.3) is 0 Å². The number of nitrogens with zero attached hydrogens (tertiary/aromatic N) is 2. The third-order valence-electron chi connectivity index (χ3n) is 4.55. The predicted octanol–water partition coefficient (Wildman–Crippen LogP) is 2.78. The molecule has 1 amide bonds. The second-order valence-corrected chi connectivity index (χ2v) is 6.53. The summed E-state index contributed by atoms with van der Waals surface area (Å²) in [5.74, 6) is 0.837. The Bertz CT molecular complexity index is 523. The molecule has 2 atom stereocenters. The molecule has 2 fully saturated rings. The Kier molecular flexibility index (Phi) is 4.18. The average Bonchev–Trinajstić information content (AvgIpc) is 3.20. The van der Waals surface area contributed by atoms with Crippen molar-refractivity contribution in [1.82, 2.24) is 9.80 Å². The lowest BCUT2D eigenvalue weighted by Crippen LogP contribution is -2.49. The average molecular weight is 311 g/mol. The van der Waals surface area contributed by atoms with E-state index in [0.29, 0.717) is 29.0 Å². The number of rotatable bonds is 3. The molecule has 2 aliphatic rings. The Morgan fingerprint density at radius 3 is 2.57 bits per heavy atom. The minimum Gasteiger partial charge on any atom is -0.340 e. The number of carbonyl (C=O) groups excluding carboxylic acids is 1. The van der Waals surface area contributed by atoms with Gasteiger partial charge in [-0.05, 0) is 24.5 Å². The summed E-state index contributed by atoms with van der Waals surface area (Å²) < 4.78 is 13.8. The second-order valence-electron chi connectivity index (χ2n) is 6.12. The summed E-state index contributed by atoms with van der Waals surface area (Å²) in [7, 11) is 0. The van der Waals surface area contributed by atoms with Crippen LogP contribution in [0.15, 0.2) is 18.2 Å². The van der Waals surface area contributed by atoms with Gasteiger partial charge in [-0.1, -0.05) is 24.6 Å². The summed E-state index contributed by atoms with van der Waals surface area (Å²) in [6.45, 7) is 5.64. The lowest BCUT2D eigenvalue weighted by molar-refractivity contribution is -0.134. The molecule has 1 aliphatic carbocycles. The van der Waals surface area contributed by atoms with Crippen molar-refractivity contribution in [3.05, 3.63) is 34.6 Å². The van der Waals surface area contributed by atoms with Crippen LogP contribution < -0.4 is 0 Å². The fraction of sp³-hybridized carbons (Fsp3) is 0.562. The molecule has 21 heavy (non-hydrogen) atoms. The molecule has 0 N–H and O–H groups in total. The minimum absolute atomic E-state index is 0.248. The lowest BCUT2D eigenvalue weighted by Gasteiger charge is -2.35. The monoisotopic (exact) mass is 310 g/mol. The van der Waals surface area contributed by atoms with Gasteiger partial charge in [-0.25, -0.2) is 4.39 Å². The predicted molar refractivity (Wildman–Crippen MR) is 80.5 cm³/mol. The van der Waals surface area contributed by atoms with Crippen molar-refractivity contribution in [2.24, 2.45) is 11.8 Å². The Morgan fingerprint density at radius 1 is 1.33 bits per heavy atom. The number of piperazine rings is 1. The minimum atomic E-state index is -0.257. The highest BCUT2D eigenvalue weighted by Crippen LogP contribution is 2.39. The highest BCUT2D eigenvalue weighted by atomic mass is 35.5. The number of halogens is 2. The standard InChI is InChI=1S/C16H20ClFN2O/c1-11-9-12(11)16(21)20-7-5-19(6-8-20)10-13-14(17)3-2-4-15(13)18/h2-4,11-12H,5-10H2,1H3. The van der Waals surface area contributed by atoms with Crippen molar-refractivity contribution in [2.45, 2.75) is 19.9 Å². The number of hydrogen-bond donors (Lipinski definition) is 0. The molecule has 1 saturated carbocycles. The van der Waals surface area contributed by atoms with E-state index in [9.17, 15) is 9.18 Å². The topological polar surface area (TPSA) is 23.6 Å². The lowest BCUT2D eigenvalue weighted by atomic mass is 10.1. The van der Waals surface area contributed by atoms with Gasteiger partial charge in [0.2, 0.25) is 5.91 Å². The Morgan fingerprint density at radius 2 is 2.00 bits per heavy atom. The van der Waals surface area contributed by atoms with Crippen LogP contribution in [0.2, 0.25) is 5.02 Å². The maximum atomic E-state index is 13.8. The SMILES string of the molecule is CC1CC1C(=O)N1CCN(Cc2c(F)cccc2Cl)CC1. The van der Waals surface area contributed by atoms with Gasteiger partial charge in [-0.3, -0.25) is 9.69 Å². The third kappa shape index (κ3) is 3.22. The summed E-state index contributed by atoms with van der Waals surface area (Å²) in [5, 5.41) is 0.473. The van der Waals surface area contributed by atoms with Crippen LogP contribution >= 0.6 is 11.6 Å². The molecular weight excluding hydrogens is 291 g/mol. The van der Waals surface area contributed by atoms with Gasteiger partial charge < -0.3 is 4.90 Å². The molecule has 0 radical (unpaired) electrons. The van der Waals surface area contributed by atoms with Crippen molar-refractivity contribution in [1.29, 1.82) is 0 Å². The molecule has 0 aromatic heterocycles. The smallest absolute Gasteiger partial charge is 0.226 e. The summed E-state index contributed by atoms with van der Waals surface area (Å²) in [6, 6.07) is 4.78.